The molecular weight excluding hydrogens is 358 g/mol. The van der Waals surface area contributed by atoms with Gasteiger partial charge in [0, 0.05) is 32.2 Å². The third kappa shape index (κ3) is 3.08. The van der Waals surface area contributed by atoms with Crippen molar-refractivity contribution in [1.82, 2.24) is 34.9 Å². The topological polar surface area (TPSA) is 90.6 Å². The van der Waals surface area contributed by atoms with Crippen LogP contribution in [0.1, 0.15) is 56.8 Å². The Morgan fingerprint density at radius 3 is 2.54 bits per heavy atom. The zero-order valence-corrected chi connectivity index (χ0v) is 16.7. The smallest absolute Gasteiger partial charge is 0.407 e. The molecule has 1 amide bonds. The number of hydrogen-bond acceptors (Lipinski definition) is 6. The number of hydrogen-bond donors (Lipinski definition) is 1. The number of likely N-dealkylation sites (tertiary alicyclic amines) is 3. The zero-order chi connectivity index (χ0) is 19.3. The number of aryl methyl sites for hydroxylation is 1. The molecule has 9 heteroatoms. The molecule has 28 heavy (non-hydrogen) atoms. The van der Waals surface area contributed by atoms with E-state index < -0.39 is 6.09 Å². The minimum Gasteiger partial charge on any atom is -0.465 e. The van der Waals surface area contributed by atoms with Crippen molar-refractivity contribution < 1.29 is 9.90 Å². The predicted molar refractivity (Wildman–Crippen MR) is 102 cm³/mol. The molecule has 4 fully saturated rings. The second-order valence-corrected chi connectivity index (χ2v) is 9.34. The first-order valence-corrected chi connectivity index (χ1v) is 10.7. The van der Waals surface area contributed by atoms with E-state index in [0.29, 0.717) is 18.1 Å². The van der Waals surface area contributed by atoms with Gasteiger partial charge in [-0.2, -0.15) is 0 Å². The Balaban J connectivity index is 1.14. The highest BCUT2D eigenvalue weighted by Crippen LogP contribution is 2.50. The lowest BCUT2D eigenvalue weighted by atomic mass is 9.64. The van der Waals surface area contributed by atoms with E-state index in [2.05, 4.69) is 25.3 Å². The second-order valence-electron chi connectivity index (χ2n) is 9.34. The normalized spacial score (nSPS) is 35.0. The van der Waals surface area contributed by atoms with Crippen LogP contribution in [0.25, 0.3) is 0 Å². The Morgan fingerprint density at radius 2 is 1.89 bits per heavy atom. The van der Waals surface area contributed by atoms with Crippen molar-refractivity contribution in [3.8, 4) is 0 Å². The van der Waals surface area contributed by atoms with Crippen LogP contribution in [-0.2, 0) is 7.05 Å². The third-order valence-electron chi connectivity index (χ3n) is 7.78. The van der Waals surface area contributed by atoms with Gasteiger partial charge in [-0.3, -0.25) is 4.90 Å². The fourth-order valence-corrected chi connectivity index (χ4v) is 6.23. The summed E-state index contributed by atoms with van der Waals surface area (Å²) in [5.74, 6) is 1.00. The summed E-state index contributed by atoms with van der Waals surface area (Å²) in [6.07, 6.45) is 7.46. The molecule has 1 saturated carbocycles. The van der Waals surface area contributed by atoms with Gasteiger partial charge in [-0.25, -0.2) is 9.48 Å². The van der Waals surface area contributed by atoms with Crippen molar-refractivity contribution in [1.29, 1.82) is 0 Å². The maximum Gasteiger partial charge on any atom is 0.407 e. The average molecular weight is 390 g/mol. The molecule has 4 aliphatic rings. The van der Waals surface area contributed by atoms with Gasteiger partial charge in [0.05, 0.1) is 6.04 Å². The summed E-state index contributed by atoms with van der Waals surface area (Å²) in [5, 5.41) is 21.4. The molecule has 1 unspecified atom stereocenters. The highest BCUT2D eigenvalue weighted by atomic mass is 16.4. The number of carboxylic acid groups (broad SMARTS) is 1. The predicted octanol–water partition coefficient (Wildman–Crippen LogP) is 1.34. The molecule has 3 saturated heterocycles. The van der Waals surface area contributed by atoms with E-state index in [1.165, 1.54) is 32.1 Å². The number of aromatic nitrogens is 4. The van der Waals surface area contributed by atoms with Crippen LogP contribution in [-0.4, -0.2) is 90.9 Å². The molecule has 1 N–H and O–H groups in total. The van der Waals surface area contributed by atoms with Crippen molar-refractivity contribution in [2.75, 3.05) is 32.7 Å². The molecule has 1 aromatic rings. The Hall–Kier alpha value is -1.74. The van der Waals surface area contributed by atoms with E-state index >= 15 is 0 Å². The van der Waals surface area contributed by atoms with Gasteiger partial charge in [-0.05, 0) is 80.4 Å². The van der Waals surface area contributed by atoms with Crippen molar-refractivity contribution in [2.45, 2.75) is 63.1 Å². The van der Waals surface area contributed by atoms with Crippen LogP contribution in [0.4, 0.5) is 4.79 Å². The summed E-state index contributed by atoms with van der Waals surface area (Å²) >= 11 is 0. The molecule has 0 radical (unpaired) electrons. The first-order valence-electron chi connectivity index (χ1n) is 10.7. The fourth-order valence-electron chi connectivity index (χ4n) is 6.23. The van der Waals surface area contributed by atoms with Gasteiger partial charge in [0.15, 0.2) is 5.82 Å². The van der Waals surface area contributed by atoms with Crippen molar-refractivity contribution in [3.05, 3.63) is 5.82 Å². The van der Waals surface area contributed by atoms with Gasteiger partial charge in [0.2, 0.25) is 0 Å². The maximum atomic E-state index is 11.2. The Bertz CT molecular complexity index is 724. The van der Waals surface area contributed by atoms with Crippen molar-refractivity contribution >= 4 is 6.09 Å². The van der Waals surface area contributed by atoms with Crippen LogP contribution in [0, 0.1) is 5.41 Å². The first kappa shape index (κ1) is 18.3. The fraction of sp³-hybridized carbons (Fsp3) is 0.895. The Morgan fingerprint density at radius 1 is 1.11 bits per heavy atom. The number of piperidine rings is 1. The molecule has 1 aliphatic carbocycles. The lowest BCUT2D eigenvalue weighted by Gasteiger charge is -2.52. The van der Waals surface area contributed by atoms with Crippen LogP contribution in [0.3, 0.4) is 0 Å². The van der Waals surface area contributed by atoms with Crippen molar-refractivity contribution in [2.24, 2.45) is 12.5 Å². The zero-order valence-electron chi connectivity index (χ0n) is 16.7. The number of amides is 1. The van der Waals surface area contributed by atoms with Crippen LogP contribution in [0.15, 0.2) is 0 Å². The van der Waals surface area contributed by atoms with Crippen molar-refractivity contribution in [3.63, 3.8) is 0 Å². The first-order chi connectivity index (χ1) is 13.5. The molecule has 0 bridgehead atoms. The molecule has 5 rings (SSSR count). The van der Waals surface area contributed by atoms with E-state index in [9.17, 15) is 9.90 Å². The van der Waals surface area contributed by atoms with Crippen LogP contribution < -0.4 is 0 Å². The van der Waals surface area contributed by atoms with Crippen LogP contribution in [0.5, 0.6) is 0 Å². The highest BCUT2D eigenvalue weighted by Gasteiger charge is 2.51. The van der Waals surface area contributed by atoms with E-state index in [1.54, 1.807) is 4.90 Å². The summed E-state index contributed by atoms with van der Waals surface area (Å²) in [6.45, 7) is 4.94. The van der Waals surface area contributed by atoms with Gasteiger partial charge in [-0.1, -0.05) is 0 Å². The molecule has 9 nitrogen and oxygen atoms in total. The molecule has 1 atom stereocenters. The summed E-state index contributed by atoms with van der Waals surface area (Å²) in [4.78, 5) is 18.1. The van der Waals surface area contributed by atoms with Crippen LogP contribution in [0.2, 0.25) is 0 Å². The van der Waals surface area contributed by atoms with E-state index in [4.69, 9.17) is 0 Å². The number of rotatable bonds is 3. The molecule has 3 aliphatic heterocycles. The minimum atomic E-state index is -0.751. The van der Waals surface area contributed by atoms with Crippen LogP contribution >= 0.6 is 0 Å². The molecule has 4 heterocycles. The number of carbonyl (C=O) groups is 1. The molecular formula is C19H31N7O2. The third-order valence-corrected chi connectivity index (χ3v) is 7.78. The second kappa shape index (κ2) is 6.95. The lowest BCUT2D eigenvalue weighted by molar-refractivity contribution is -0.0171. The molecule has 154 valence electrons. The van der Waals surface area contributed by atoms with E-state index in [1.807, 2.05) is 11.7 Å². The lowest BCUT2D eigenvalue weighted by Crippen LogP contribution is -2.56. The summed E-state index contributed by atoms with van der Waals surface area (Å²) in [5.41, 5.74) is 0.276. The van der Waals surface area contributed by atoms with Gasteiger partial charge in [0.1, 0.15) is 0 Å². The van der Waals surface area contributed by atoms with Gasteiger partial charge < -0.3 is 14.9 Å². The average Bonchev–Trinajstić information content (AvgIpc) is 3.39. The maximum absolute atomic E-state index is 11.2. The van der Waals surface area contributed by atoms with E-state index in [0.717, 1.165) is 51.4 Å². The van der Waals surface area contributed by atoms with E-state index in [-0.39, 0.29) is 5.41 Å². The Labute approximate surface area is 165 Å². The SMILES string of the molecule is Cn1nnnc1C1CCCN1C1CCN(C2CC3(CCN(C(=O)O)C3)C2)CC1. The monoisotopic (exact) mass is 389 g/mol. The van der Waals surface area contributed by atoms with Gasteiger partial charge >= 0.3 is 6.09 Å². The minimum absolute atomic E-state index is 0.276. The number of nitrogens with zero attached hydrogens (tertiary/aromatic N) is 7. The van der Waals surface area contributed by atoms with Gasteiger partial charge in [0.25, 0.3) is 0 Å². The van der Waals surface area contributed by atoms with Gasteiger partial charge in [-0.15, -0.1) is 5.10 Å². The largest absolute Gasteiger partial charge is 0.465 e. The Kier molecular flexibility index (Phi) is 4.54. The summed E-state index contributed by atoms with van der Waals surface area (Å²) < 4.78 is 1.83. The summed E-state index contributed by atoms with van der Waals surface area (Å²) in [6, 6.07) is 1.65. The summed E-state index contributed by atoms with van der Waals surface area (Å²) in [7, 11) is 1.94. The molecule has 0 aromatic carbocycles. The number of tetrazole rings is 1. The molecule has 1 aromatic heterocycles. The highest BCUT2D eigenvalue weighted by molar-refractivity contribution is 5.65. The quantitative estimate of drug-likeness (QED) is 0.834. The molecule has 1 spiro atoms. The standard InChI is InChI=1S/C19H31N7O2/c1-23-17(20-21-22-23)16-3-2-7-26(16)14-4-8-24(9-5-14)15-11-19(12-15)6-10-25(13-19)18(27)28/h14-16H,2-13H2,1H3,(H,27,28).